The number of benzene rings is 1. The Morgan fingerprint density at radius 3 is 2.35 bits per heavy atom. The molecular formula is C12H16F3NO3S. The molecule has 0 aromatic heterocycles. The summed E-state index contributed by atoms with van der Waals surface area (Å²) in [4.78, 5) is 1.44. The fraction of sp³-hybridized carbons (Fsp3) is 0.500. The van der Waals surface area contributed by atoms with Gasteiger partial charge in [0.05, 0.1) is 11.3 Å². The van der Waals surface area contributed by atoms with E-state index in [0.717, 1.165) is 6.07 Å². The third-order valence-corrected chi connectivity index (χ3v) is 3.57. The Morgan fingerprint density at radius 1 is 1.25 bits per heavy atom. The van der Waals surface area contributed by atoms with Crippen LogP contribution in [0.2, 0.25) is 0 Å². The molecule has 0 radical (unpaired) electrons. The second-order valence-electron chi connectivity index (χ2n) is 4.23. The average molecular weight is 311 g/mol. The zero-order chi connectivity index (χ0) is 15.4. The molecule has 0 unspecified atom stereocenters. The zero-order valence-electron chi connectivity index (χ0n) is 10.9. The average Bonchev–Trinajstić information content (AvgIpc) is 2.32. The first-order valence-electron chi connectivity index (χ1n) is 6.01. The maximum Gasteiger partial charge on any atom is 0.418 e. The molecule has 1 aromatic carbocycles. The molecule has 1 rings (SSSR count). The van der Waals surface area contributed by atoms with Crippen LogP contribution >= 0.6 is 0 Å². The summed E-state index contributed by atoms with van der Waals surface area (Å²) in [5.41, 5.74) is -0.744. The van der Waals surface area contributed by atoms with E-state index in [1.165, 1.54) is 23.1 Å². The van der Waals surface area contributed by atoms with Crippen LogP contribution in [0.3, 0.4) is 0 Å². The minimum atomic E-state index is -4.47. The van der Waals surface area contributed by atoms with Crippen LogP contribution in [0, 0.1) is 0 Å². The first kappa shape index (κ1) is 16.8. The number of anilines is 1. The van der Waals surface area contributed by atoms with Crippen molar-refractivity contribution in [3.05, 3.63) is 29.8 Å². The summed E-state index contributed by atoms with van der Waals surface area (Å²) in [6.07, 6.45) is -4.41. The minimum Gasteiger partial charge on any atom is -0.371 e. The lowest BCUT2D eigenvalue weighted by Crippen LogP contribution is -2.28. The molecule has 0 amide bonds. The summed E-state index contributed by atoms with van der Waals surface area (Å²) < 4.78 is 68.6. The lowest BCUT2D eigenvalue weighted by atomic mass is 10.1. The smallest absolute Gasteiger partial charge is 0.371 e. The number of nitrogens with zero attached hydrogens (tertiary/aromatic N) is 1. The third-order valence-electron chi connectivity index (χ3n) is 2.76. The van der Waals surface area contributed by atoms with Gasteiger partial charge in [-0.2, -0.15) is 21.6 Å². The Morgan fingerprint density at radius 2 is 1.85 bits per heavy atom. The SMILES string of the molecule is CCN(CCCS(=O)(=O)O)c1ccccc1C(F)(F)F. The molecular weight excluding hydrogens is 295 g/mol. The van der Waals surface area contributed by atoms with E-state index in [1.54, 1.807) is 6.92 Å². The van der Waals surface area contributed by atoms with Crippen LogP contribution in [0.5, 0.6) is 0 Å². The van der Waals surface area contributed by atoms with Gasteiger partial charge < -0.3 is 4.90 Å². The first-order chi connectivity index (χ1) is 9.15. The lowest BCUT2D eigenvalue weighted by molar-refractivity contribution is -0.137. The van der Waals surface area contributed by atoms with Crippen molar-refractivity contribution in [3.63, 3.8) is 0 Å². The highest BCUT2D eigenvalue weighted by atomic mass is 32.2. The van der Waals surface area contributed by atoms with Crippen LogP contribution in [-0.4, -0.2) is 31.8 Å². The summed E-state index contributed by atoms with van der Waals surface area (Å²) in [5.74, 6) is -0.475. The van der Waals surface area contributed by atoms with Crippen molar-refractivity contribution >= 4 is 15.8 Å². The molecule has 1 N–H and O–H groups in total. The largest absolute Gasteiger partial charge is 0.418 e. The molecule has 8 heteroatoms. The van der Waals surface area contributed by atoms with Crippen LogP contribution in [-0.2, 0) is 16.3 Å². The highest BCUT2D eigenvalue weighted by molar-refractivity contribution is 7.85. The molecule has 0 spiro atoms. The molecule has 20 heavy (non-hydrogen) atoms. The minimum absolute atomic E-state index is 0.0119. The fourth-order valence-electron chi connectivity index (χ4n) is 1.88. The first-order valence-corrected chi connectivity index (χ1v) is 7.62. The second-order valence-corrected chi connectivity index (χ2v) is 5.81. The Bertz CT molecular complexity index is 543. The van der Waals surface area contributed by atoms with Gasteiger partial charge in [-0.3, -0.25) is 4.55 Å². The molecule has 0 aliphatic carbocycles. The zero-order valence-corrected chi connectivity index (χ0v) is 11.7. The van der Waals surface area contributed by atoms with E-state index in [0.29, 0.717) is 6.54 Å². The van der Waals surface area contributed by atoms with Gasteiger partial charge in [0.15, 0.2) is 0 Å². The van der Waals surface area contributed by atoms with Gasteiger partial charge in [-0.15, -0.1) is 0 Å². The van der Waals surface area contributed by atoms with Gasteiger partial charge in [-0.25, -0.2) is 0 Å². The van der Waals surface area contributed by atoms with Crippen molar-refractivity contribution in [2.75, 3.05) is 23.7 Å². The maximum atomic E-state index is 12.9. The summed E-state index contributed by atoms with van der Waals surface area (Å²) in [6, 6.07) is 5.13. The Hall–Kier alpha value is -1.28. The van der Waals surface area contributed by atoms with Crippen molar-refractivity contribution in [3.8, 4) is 0 Å². The second kappa shape index (κ2) is 6.45. The normalized spacial score (nSPS) is 12.4. The summed E-state index contributed by atoms with van der Waals surface area (Å²) in [6.45, 7) is 2.10. The van der Waals surface area contributed by atoms with E-state index in [9.17, 15) is 21.6 Å². The van der Waals surface area contributed by atoms with Crippen molar-refractivity contribution < 1.29 is 26.1 Å². The molecule has 0 heterocycles. The Labute approximate surface area is 116 Å². The number of alkyl halides is 3. The van der Waals surface area contributed by atoms with Crippen molar-refractivity contribution in [2.45, 2.75) is 19.5 Å². The molecule has 0 aliphatic heterocycles. The van der Waals surface area contributed by atoms with E-state index >= 15 is 0 Å². The maximum absolute atomic E-state index is 12.9. The van der Waals surface area contributed by atoms with Gasteiger partial charge in [0, 0.05) is 18.8 Å². The lowest BCUT2D eigenvalue weighted by Gasteiger charge is -2.26. The predicted molar refractivity (Wildman–Crippen MR) is 70.4 cm³/mol. The topological polar surface area (TPSA) is 57.6 Å². The van der Waals surface area contributed by atoms with E-state index in [2.05, 4.69) is 0 Å². The summed E-state index contributed by atoms with van der Waals surface area (Å²) in [7, 11) is -4.10. The molecule has 0 bridgehead atoms. The molecule has 4 nitrogen and oxygen atoms in total. The van der Waals surface area contributed by atoms with E-state index in [1.807, 2.05) is 0 Å². The van der Waals surface area contributed by atoms with Gasteiger partial charge in [0.2, 0.25) is 0 Å². The monoisotopic (exact) mass is 311 g/mol. The molecule has 1 aromatic rings. The van der Waals surface area contributed by atoms with E-state index in [4.69, 9.17) is 4.55 Å². The fourth-order valence-corrected chi connectivity index (χ4v) is 2.37. The number of hydrogen-bond donors (Lipinski definition) is 1. The van der Waals surface area contributed by atoms with Crippen molar-refractivity contribution in [2.24, 2.45) is 0 Å². The molecule has 0 atom stereocenters. The van der Waals surface area contributed by atoms with E-state index in [-0.39, 0.29) is 18.7 Å². The summed E-state index contributed by atoms with van der Waals surface area (Å²) >= 11 is 0. The number of rotatable bonds is 6. The van der Waals surface area contributed by atoms with Crippen LogP contribution in [0.4, 0.5) is 18.9 Å². The summed E-state index contributed by atoms with van der Waals surface area (Å²) in [5, 5.41) is 0. The predicted octanol–water partition coefficient (Wildman–Crippen LogP) is 2.81. The highest BCUT2D eigenvalue weighted by Crippen LogP contribution is 2.36. The Kier molecular flexibility index (Phi) is 5.41. The van der Waals surface area contributed by atoms with Crippen molar-refractivity contribution in [1.29, 1.82) is 0 Å². The molecule has 0 saturated heterocycles. The van der Waals surface area contributed by atoms with Crippen LogP contribution < -0.4 is 4.90 Å². The van der Waals surface area contributed by atoms with Crippen LogP contribution in [0.1, 0.15) is 18.9 Å². The molecule has 0 saturated carbocycles. The third kappa shape index (κ3) is 5.01. The quantitative estimate of drug-likeness (QED) is 0.821. The van der Waals surface area contributed by atoms with Crippen LogP contribution in [0.25, 0.3) is 0 Å². The van der Waals surface area contributed by atoms with Gasteiger partial charge in [0.1, 0.15) is 0 Å². The van der Waals surface area contributed by atoms with Gasteiger partial charge >= 0.3 is 6.18 Å². The van der Waals surface area contributed by atoms with Crippen LogP contribution in [0.15, 0.2) is 24.3 Å². The molecule has 114 valence electrons. The molecule has 0 fully saturated rings. The Balaban J connectivity index is 2.90. The highest BCUT2D eigenvalue weighted by Gasteiger charge is 2.34. The van der Waals surface area contributed by atoms with Gasteiger partial charge in [-0.1, -0.05) is 12.1 Å². The number of hydrogen-bond acceptors (Lipinski definition) is 3. The van der Waals surface area contributed by atoms with Gasteiger partial charge in [-0.05, 0) is 25.5 Å². The van der Waals surface area contributed by atoms with E-state index < -0.39 is 27.6 Å². The van der Waals surface area contributed by atoms with Crippen molar-refractivity contribution in [1.82, 2.24) is 0 Å². The molecule has 0 aliphatic rings. The number of para-hydroxylation sites is 1. The number of halogens is 3. The van der Waals surface area contributed by atoms with Gasteiger partial charge in [0.25, 0.3) is 10.1 Å². The standard InChI is InChI=1S/C12H16F3NO3S/c1-2-16(8-5-9-20(17,18)19)11-7-4-3-6-10(11)12(13,14)15/h3-4,6-7H,2,5,8-9H2,1H3,(H,17,18,19).